The van der Waals surface area contributed by atoms with E-state index in [2.05, 4.69) is 49.9 Å². The first-order chi connectivity index (χ1) is 9.72. The summed E-state index contributed by atoms with van der Waals surface area (Å²) in [6.07, 6.45) is 1.36. The molecule has 2 atom stereocenters. The van der Waals surface area contributed by atoms with Gasteiger partial charge in [0, 0.05) is 13.1 Å². The third kappa shape index (κ3) is 4.22. The molecule has 0 radical (unpaired) electrons. The first-order valence-electron chi connectivity index (χ1n) is 7.79. The van der Waals surface area contributed by atoms with Crippen molar-refractivity contribution in [3.8, 4) is 5.75 Å². The van der Waals surface area contributed by atoms with Crippen molar-refractivity contribution in [2.75, 3.05) is 32.8 Å². The van der Waals surface area contributed by atoms with Gasteiger partial charge in [0.25, 0.3) is 0 Å². The molecule has 20 heavy (non-hydrogen) atoms. The zero-order valence-corrected chi connectivity index (χ0v) is 13.0. The van der Waals surface area contributed by atoms with Crippen molar-refractivity contribution in [3.05, 3.63) is 29.8 Å². The maximum Gasteiger partial charge on any atom is 0.119 e. The molecule has 0 saturated carbocycles. The second kappa shape index (κ2) is 7.65. The van der Waals surface area contributed by atoms with Crippen molar-refractivity contribution in [3.63, 3.8) is 0 Å². The third-order valence-electron chi connectivity index (χ3n) is 4.17. The van der Waals surface area contributed by atoms with Crippen LogP contribution < -0.4 is 4.74 Å². The Bertz CT molecular complexity index is 390. The number of morpholine rings is 1. The van der Waals surface area contributed by atoms with Gasteiger partial charge in [-0.1, -0.05) is 32.9 Å². The minimum absolute atomic E-state index is 0.193. The van der Waals surface area contributed by atoms with E-state index in [1.54, 1.807) is 0 Å². The molecular weight excluding hydrogens is 250 g/mol. The Kier molecular flexibility index (Phi) is 5.86. The van der Waals surface area contributed by atoms with Crippen LogP contribution in [0.4, 0.5) is 0 Å². The zero-order valence-electron chi connectivity index (χ0n) is 13.0. The van der Waals surface area contributed by atoms with Crippen molar-refractivity contribution in [2.45, 2.75) is 39.2 Å². The second-order valence-corrected chi connectivity index (χ2v) is 5.58. The summed E-state index contributed by atoms with van der Waals surface area (Å²) >= 11 is 0. The molecule has 1 saturated heterocycles. The number of hydrogen-bond acceptors (Lipinski definition) is 3. The van der Waals surface area contributed by atoms with E-state index in [1.165, 1.54) is 12.0 Å². The molecule has 2 unspecified atom stereocenters. The van der Waals surface area contributed by atoms with Gasteiger partial charge in [0.1, 0.15) is 18.5 Å². The minimum Gasteiger partial charge on any atom is -0.491 e. The lowest BCUT2D eigenvalue weighted by Crippen LogP contribution is -2.44. The van der Waals surface area contributed by atoms with E-state index in [4.69, 9.17) is 9.47 Å². The SMILES string of the molecule is CCC(C)c1ccc(OCC2CN(CC)CCO2)cc1. The fraction of sp³-hybridized carbons (Fsp3) is 0.647. The highest BCUT2D eigenvalue weighted by Crippen LogP contribution is 2.21. The third-order valence-corrected chi connectivity index (χ3v) is 4.17. The highest BCUT2D eigenvalue weighted by atomic mass is 16.5. The van der Waals surface area contributed by atoms with E-state index in [0.29, 0.717) is 12.5 Å². The van der Waals surface area contributed by atoms with Crippen molar-refractivity contribution >= 4 is 0 Å². The molecule has 1 aromatic carbocycles. The average Bonchev–Trinajstić information content (AvgIpc) is 2.53. The van der Waals surface area contributed by atoms with Crippen LogP contribution in [0.2, 0.25) is 0 Å². The Balaban J connectivity index is 1.81. The summed E-state index contributed by atoms with van der Waals surface area (Å²) < 4.78 is 11.6. The number of nitrogens with zero attached hydrogens (tertiary/aromatic N) is 1. The van der Waals surface area contributed by atoms with Crippen LogP contribution in [-0.4, -0.2) is 43.9 Å². The van der Waals surface area contributed by atoms with Gasteiger partial charge in [0.05, 0.1) is 6.61 Å². The van der Waals surface area contributed by atoms with Gasteiger partial charge in [-0.3, -0.25) is 4.90 Å². The highest BCUT2D eigenvalue weighted by Gasteiger charge is 2.19. The van der Waals surface area contributed by atoms with Gasteiger partial charge < -0.3 is 9.47 Å². The molecule has 1 heterocycles. The number of benzene rings is 1. The normalized spacial score (nSPS) is 21.6. The second-order valence-electron chi connectivity index (χ2n) is 5.58. The van der Waals surface area contributed by atoms with Crippen LogP contribution in [0.25, 0.3) is 0 Å². The lowest BCUT2D eigenvalue weighted by atomic mass is 9.99. The highest BCUT2D eigenvalue weighted by molar-refractivity contribution is 5.29. The van der Waals surface area contributed by atoms with E-state index in [0.717, 1.165) is 32.0 Å². The molecule has 0 bridgehead atoms. The van der Waals surface area contributed by atoms with Gasteiger partial charge >= 0.3 is 0 Å². The maximum absolute atomic E-state index is 5.86. The van der Waals surface area contributed by atoms with Gasteiger partial charge in [-0.05, 0) is 36.6 Å². The first kappa shape index (κ1) is 15.3. The summed E-state index contributed by atoms with van der Waals surface area (Å²) in [5.74, 6) is 1.55. The van der Waals surface area contributed by atoms with Crippen LogP contribution in [0, 0.1) is 0 Å². The first-order valence-corrected chi connectivity index (χ1v) is 7.79. The van der Waals surface area contributed by atoms with Crippen LogP contribution >= 0.6 is 0 Å². The zero-order chi connectivity index (χ0) is 14.4. The Hall–Kier alpha value is -1.06. The topological polar surface area (TPSA) is 21.7 Å². The number of rotatable bonds is 6. The summed E-state index contributed by atoms with van der Waals surface area (Å²) in [4.78, 5) is 2.41. The van der Waals surface area contributed by atoms with Crippen LogP contribution in [0.3, 0.4) is 0 Å². The van der Waals surface area contributed by atoms with E-state index >= 15 is 0 Å². The molecule has 1 fully saturated rings. The predicted molar refractivity (Wildman–Crippen MR) is 82.5 cm³/mol. The molecule has 0 N–H and O–H groups in total. The van der Waals surface area contributed by atoms with Gasteiger partial charge in [-0.2, -0.15) is 0 Å². The number of hydrogen-bond donors (Lipinski definition) is 0. The fourth-order valence-corrected chi connectivity index (χ4v) is 2.49. The molecule has 3 heteroatoms. The van der Waals surface area contributed by atoms with Crippen LogP contribution in [0.15, 0.2) is 24.3 Å². The van der Waals surface area contributed by atoms with E-state index in [1.807, 2.05) is 0 Å². The Labute approximate surface area is 122 Å². The summed E-state index contributed by atoms with van der Waals surface area (Å²) in [5.41, 5.74) is 1.38. The molecule has 112 valence electrons. The molecule has 0 amide bonds. The summed E-state index contributed by atoms with van der Waals surface area (Å²) in [6, 6.07) is 8.48. The number of likely N-dealkylation sites (N-methyl/N-ethyl adjacent to an activating group) is 1. The Morgan fingerprint density at radius 2 is 2.05 bits per heavy atom. The number of ether oxygens (including phenoxy) is 2. The smallest absolute Gasteiger partial charge is 0.119 e. The summed E-state index contributed by atoms with van der Waals surface area (Å²) in [5, 5.41) is 0. The Morgan fingerprint density at radius 3 is 2.70 bits per heavy atom. The molecule has 0 spiro atoms. The van der Waals surface area contributed by atoms with E-state index in [9.17, 15) is 0 Å². The predicted octanol–water partition coefficient (Wildman–Crippen LogP) is 3.30. The lowest BCUT2D eigenvalue weighted by molar-refractivity contribution is -0.0464. The molecule has 1 aliphatic rings. The van der Waals surface area contributed by atoms with Crippen LogP contribution in [0.5, 0.6) is 5.75 Å². The fourth-order valence-electron chi connectivity index (χ4n) is 2.49. The monoisotopic (exact) mass is 277 g/mol. The van der Waals surface area contributed by atoms with Crippen molar-refractivity contribution in [1.29, 1.82) is 0 Å². The summed E-state index contributed by atoms with van der Waals surface area (Å²) in [7, 11) is 0. The van der Waals surface area contributed by atoms with Crippen LogP contribution in [0.1, 0.15) is 38.7 Å². The van der Waals surface area contributed by atoms with Crippen molar-refractivity contribution < 1.29 is 9.47 Å². The molecule has 0 aliphatic carbocycles. The molecule has 1 aromatic rings. The quantitative estimate of drug-likeness (QED) is 0.796. The largest absolute Gasteiger partial charge is 0.491 e. The van der Waals surface area contributed by atoms with Gasteiger partial charge in [0.15, 0.2) is 0 Å². The molecule has 0 aromatic heterocycles. The average molecular weight is 277 g/mol. The Morgan fingerprint density at radius 1 is 1.30 bits per heavy atom. The molecule has 2 rings (SSSR count). The van der Waals surface area contributed by atoms with Crippen LogP contribution in [-0.2, 0) is 4.74 Å². The maximum atomic E-state index is 5.86. The van der Waals surface area contributed by atoms with Gasteiger partial charge in [-0.15, -0.1) is 0 Å². The van der Waals surface area contributed by atoms with E-state index < -0.39 is 0 Å². The molecule has 1 aliphatic heterocycles. The molecular formula is C17H27NO2. The van der Waals surface area contributed by atoms with Crippen molar-refractivity contribution in [2.24, 2.45) is 0 Å². The minimum atomic E-state index is 0.193. The molecule has 3 nitrogen and oxygen atoms in total. The standard InChI is InChI=1S/C17H27NO2/c1-4-14(3)15-6-8-16(9-7-15)20-13-17-12-18(5-2)10-11-19-17/h6-9,14,17H,4-5,10-13H2,1-3H3. The van der Waals surface area contributed by atoms with Gasteiger partial charge in [-0.25, -0.2) is 0 Å². The van der Waals surface area contributed by atoms with Crippen molar-refractivity contribution in [1.82, 2.24) is 4.90 Å². The lowest BCUT2D eigenvalue weighted by Gasteiger charge is -2.31. The van der Waals surface area contributed by atoms with Gasteiger partial charge in [0.2, 0.25) is 0 Å². The van der Waals surface area contributed by atoms with E-state index in [-0.39, 0.29) is 6.10 Å². The summed E-state index contributed by atoms with van der Waals surface area (Å²) in [6.45, 7) is 11.2.